The van der Waals surface area contributed by atoms with Crippen LogP contribution in [0, 0.1) is 6.92 Å². The molecule has 0 aliphatic carbocycles. The highest BCUT2D eigenvalue weighted by atomic mass is 32.1. The van der Waals surface area contributed by atoms with Crippen LogP contribution in [-0.4, -0.2) is 35.6 Å². The third-order valence-electron chi connectivity index (χ3n) is 4.34. The highest BCUT2D eigenvalue weighted by Gasteiger charge is 2.16. The van der Waals surface area contributed by atoms with Crippen LogP contribution in [-0.2, 0) is 25.6 Å². The fourth-order valence-corrected chi connectivity index (χ4v) is 3.92. The van der Waals surface area contributed by atoms with Gasteiger partial charge in [0.25, 0.3) is 5.91 Å². The molecule has 3 aromatic rings. The monoisotopic (exact) mass is 446 g/mol. The lowest BCUT2D eigenvalue weighted by atomic mass is 10.3. The SMILES string of the molecule is CCOC(=O)c1sc(NC(=O)COC(=O)CCCn2c(=O)oc3ccccc32)cc1C. The summed E-state index contributed by atoms with van der Waals surface area (Å²) in [6, 6.07) is 8.69. The first kappa shape index (κ1) is 22.3. The van der Waals surface area contributed by atoms with Gasteiger partial charge in [-0.25, -0.2) is 9.59 Å². The van der Waals surface area contributed by atoms with Crippen molar-refractivity contribution < 1.29 is 28.3 Å². The molecule has 0 aliphatic rings. The number of nitrogens with one attached hydrogen (secondary N) is 1. The summed E-state index contributed by atoms with van der Waals surface area (Å²) in [5.74, 6) is -1.99. The number of nitrogens with zero attached hydrogens (tertiary/aromatic N) is 1. The first-order valence-corrected chi connectivity index (χ1v) is 10.5. The van der Waals surface area contributed by atoms with Crippen molar-refractivity contribution in [3.8, 4) is 0 Å². The number of para-hydroxylation sites is 2. The molecule has 0 saturated carbocycles. The second-order valence-corrected chi connectivity index (χ2v) is 7.70. The van der Waals surface area contributed by atoms with E-state index in [1.165, 1.54) is 4.57 Å². The van der Waals surface area contributed by atoms with Crippen LogP contribution in [0.1, 0.15) is 35.0 Å². The van der Waals surface area contributed by atoms with Crippen molar-refractivity contribution in [3.05, 3.63) is 51.3 Å². The number of aromatic nitrogens is 1. The van der Waals surface area contributed by atoms with E-state index in [1.54, 1.807) is 44.2 Å². The van der Waals surface area contributed by atoms with Crippen LogP contribution in [0.5, 0.6) is 0 Å². The molecule has 0 radical (unpaired) electrons. The van der Waals surface area contributed by atoms with Crippen LogP contribution >= 0.6 is 11.3 Å². The zero-order valence-corrected chi connectivity index (χ0v) is 18.0. The van der Waals surface area contributed by atoms with Crippen molar-refractivity contribution >= 4 is 45.3 Å². The van der Waals surface area contributed by atoms with Gasteiger partial charge in [0.15, 0.2) is 12.2 Å². The molecule has 0 fully saturated rings. The Morgan fingerprint density at radius 2 is 1.97 bits per heavy atom. The zero-order chi connectivity index (χ0) is 22.4. The van der Waals surface area contributed by atoms with Gasteiger partial charge in [-0.15, -0.1) is 11.3 Å². The minimum Gasteiger partial charge on any atom is -0.462 e. The summed E-state index contributed by atoms with van der Waals surface area (Å²) in [7, 11) is 0. The number of hydrogen-bond donors (Lipinski definition) is 1. The molecule has 9 nitrogen and oxygen atoms in total. The van der Waals surface area contributed by atoms with E-state index in [0.717, 1.165) is 11.3 Å². The molecule has 0 aliphatic heterocycles. The van der Waals surface area contributed by atoms with Gasteiger partial charge in [0.1, 0.15) is 4.88 Å². The second kappa shape index (κ2) is 10.1. The Balaban J connectivity index is 1.44. The average Bonchev–Trinajstić information content (AvgIpc) is 3.25. The maximum Gasteiger partial charge on any atom is 0.419 e. The average molecular weight is 446 g/mol. The third kappa shape index (κ3) is 5.60. The summed E-state index contributed by atoms with van der Waals surface area (Å²) < 4.78 is 16.5. The summed E-state index contributed by atoms with van der Waals surface area (Å²) >= 11 is 1.10. The van der Waals surface area contributed by atoms with Crippen LogP contribution in [0.25, 0.3) is 11.1 Å². The largest absolute Gasteiger partial charge is 0.462 e. The normalized spacial score (nSPS) is 10.8. The molecule has 10 heteroatoms. The van der Waals surface area contributed by atoms with E-state index in [-0.39, 0.29) is 13.0 Å². The molecule has 0 bridgehead atoms. The minimum absolute atomic E-state index is 0.0460. The first-order valence-electron chi connectivity index (χ1n) is 9.70. The fraction of sp³-hybridized carbons (Fsp3) is 0.333. The number of amides is 1. The highest BCUT2D eigenvalue weighted by Crippen LogP contribution is 2.27. The van der Waals surface area contributed by atoms with Gasteiger partial charge in [0.05, 0.1) is 17.1 Å². The van der Waals surface area contributed by atoms with E-state index in [1.807, 2.05) is 0 Å². The van der Waals surface area contributed by atoms with E-state index in [2.05, 4.69) is 5.32 Å². The molecule has 1 amide bonds. The maximum atomic E-state index is 12.0. The Kier molecular flexibility index (Phi) is 7.24. The molecule has 0 atom stereocenters. The zero-order valence-electron chi connectivity index (χ0n) is 17.1. The molecule has 2 heterocycles. The van der Waals surface area contributed by atoms with E-state index in [0.29, 0.717) is 39.5 Å². The number of anilines is 1. The van der Waals surface area contributed by atoms with Gasteiger partial charge in [0.2, 0.25) is 0 Å². The Bertz CT molecular complexity index is 1160. The summed E-state index contributed by atoms with van der Waals surface area (Å²) in [5.41, 5.74) is 1.84. The number of thiophene rings is 1. The minimum atomic E-state index is -0.550. The molecule has 1 aromatic carbocycles. The van der Waals surface area contributed by atoms with Gasteiger partial charge in [-0.2, -0.15) is 0 Å². The molecule has 1 N–H and O–H groups in total. The molecule has 164 valence electrons. The van der Waals surface area contributed by atoms with Gasteiger partial charge >= 0.3 is 17.7 Å². The van der Waals surface area contributed by atoms with Crippen LogP contribution in [0.2, 0.25) is 0 Å². The predicted molar refractivity (Wildman–Crippen MR) is 114 cm³/mol. The number of oxazole rings is 1. The summed E-state index contributed by atoms with van der Waals surface area (Å²) in [4.78, 5) is 48.1. The lowest BCUT2D eigenvalue weighted by Crippen LogP contribution is -2.21. The molecule has 0 saturated heterocycles. The van der Waals surface area contributed by atoms with E-state index < -0.39 is 30.2 Å². The quantitative estimate of drug-likeness (QED) is 0.502. The number of fused-ring (bicyclic) bond motifs is 1. The summed E-state index contributed by atoms with van der Waals surface area (Å²) in [5, 5.41) is 3.06. The number of ether oxygens (including phenoxy) is 2. The van der Waals surface area contributed by atoms with E-state index >= 15 is 0 Å². The smallest absolute Gasteiger partial charge is 0.419 e. The predicted octanol–water partition coefficient (Wildman–Crippen LogP) is 3.10. The van der Waals surface area contributed by atoms with Gasteiger partial charge in [0, 0.05) is 13.0 Å². The number of carbonyl (C=O) groups is 3. The lowest BCUT2D eigenvalue weighted by Gasteiger charge is -2.05. The molecular weight excluding hydrogens is 424 g/mol. The van der Waals surface area contributed by atoms with Crippen molar-refractivity contribution in [3.63, 3.8) is 0 Å². The van der Waals surface area contributed by atoms with Gasteiger partial charge in [-0.3, -0.25) is 14.2 Å². The number of hydrogen-bond acceptors (Lipinski definition) is 8. The number of carbonyl (C=O) groups excluding carboxylic acids is 3. The summed E-state index contributed by atoms with van der Waals surface area (Å²) in [6.45, 7) is 3.57. The number of aryl methyl sites for hydroxylation is 2. The van der Waals surface area contributed by atoms with E-state index in [9.17, 15) is 19.2 Å². The standard InChI is InChI=1S/C21H22N2O7S/c1-3-28-20(26)19-13(2)11-17(31-19)22-16(24)12-29-18(25)9-6-10-23-14-7-4-5-8-15(14)30-21(23)27/h4-5,7-8,11H,3,6,9-10,12H2,1-2H3,(H,22,24). The molecule has 3 rings (SSSR count). The van der Waals surface area contributed by atoms with Crippen molar-refractivity contribution in [2.75, 3.05) is 18.5 Å². The fourth-order valence-electron chi connectivity index (χ4n) is 2.94. The molecule has 31 heavy (non-hydrogen) atoms. The Hall–Kier alpha value is -3.40. The van der Waals surface area contributed by atoms with Crippen LogP contribution < -0.4 is 11.1 Å². The molecular formula is C21H22N2O7S. The van der Waals surface area contributed by atoms with Crippen molar-refractivity contribution in [1.29, 1.82) is 0 Å². The van der Waals surface area contributed by atoms with Crippen LogP contribution in [0.4, 0.5) is 5.00 Å². The Morgan fingerprint density at radius 3 is 2.74 bits per heavy atom. The van der Waals surface area contributed by atoms with Gasteiger partial charge in [-0.1, -0.05) is 12.1 Å². The first-order chi connectivity index (χ1) is 14.9. The van der Waals surface area contributed by atoms with Crippen molar-refractivity contribution in [1.82, 2.24) is 4.57 Å². The number of esters is 2. The number of benzene rings is 1. The van der Waals surface area contributed by atoms with Crippen molar-refractivity contribution in [2.24, 2.45) is 0 Å². The van der Waals surface area contributed by atoms with Crippen LogP contribution in [0.3, 0.4) is 0 Å². The molecule has 0 unspecified atom stereocenters. The van der Waals surface area contributed by atoms with Crippen molar-refractivity contribution in [2.45, 2.75) is 33.2 Å². The molecule has 0 spiro atoms. The molecule has 2 aromatic heterocycles. The summed E-state index contributed by atoms with van der Waals surface area (Å²) in [6.07, 6.45) is 0.404. The Morgan fingerprint density at radius 1 is 1.19 bits per heavy atom. The van der Waals surface area contributed by atoms with E-state index in [4.69, 9.17) is 13.9 Å². The third-order valence-corrected chi connectivity index (χ3v) is 5.47. The number of rotatable bonds is 9. The highest BCUT2D eigenvalue weighted by molar-refractivity contribution is 7.18. The topological polar surface area (TPSA) is 117 Å². The van der Waals surface area contributed by atoms with Crippen LogP contribution in [0.15, 0.2) is 39.5 Å². The maximum absolute atomic E-state index is 12.0. The lowest BCUT2D eigenvalue weighted by molar-refractivity contribution is -0.147. The Labute approximate surface area is 181 Å². The van der Waals surface area contributed by atoms with Gasteiger partial charge in [-0.05, 0) is 44.0 Å². The second-order valence-electron chi connectivity index (χ2n) is 6.64. The van der Waals surface area contributed by atoms with Gasteiger partial charge < -0.3 is 19.2 Å².